The van der Waals surface area contributed by atoms with Gasteiger partial charge in [0.05, 0.1) is 7.11 Å². The predicted molar refractivity (Wildman–Crippen MR) is 115 cm³/mol. The summed E-state index contributed by atoms with van der Waals surface area (Å²) >= 11 is 1.47. The molecule has 0 aliphatic carbocycles. The van der Waals surface area contributed by atoms with Crippen molar-refractivity contribution in [3.05, 3.63) is 70.9 Å². The van der Waals surface area contributed by atoms with Gasteiger partial charge in [0.1, 0.15) is 18.5 Å². The fraction of sp³-hybridized carbons (Fsp3) is 0.200. The number of methoxy groups -OCH3 is 1. The molecule has 31 heavy (non-hydrogen) atoms. The Labute approximate surface area is 182 Å². The van der Waals surface area contributed by atoms with Gasteiger partial charge in [0.15, 0.2) is 16.8 Å². The van der Waals surface area contributed by atoms with Crippen LogP contribution in [0.25, 0.3) is 17.1 Å². The van der Waals surface area contributed by atoms with E-state index in [4.69, 9.17) is 4.74 Å². The van der Waals surface area contributed by atoms with Crippen LogP contribution in [0.1, 0.15) is 5.82 Å². The molecule has 4 rings (SSSR count). The maximum absolute atomic E-state index is 11.2. The lowest BCUT2D eigenvalue weighted by Crippen LogP contribution is -2.07. The van der Waals surface area contributed by atoms with Crippen LogP contribution in [0.3, 0.4) is 0 Å². The number of imidazole rings is 1. The summed E-state index contributed by atoms with van der Waals surface area (Å²) < 4.78 is 8.80. The number of rotatable bonds is 8. The summed E-state index contributed by atoms with van der Waals surface area (Å²) in [5, 5.41) is 20.7. The molecule has 0 amide bonds. The highest BCUT2D eigenvalue weighted by Crippen LogP contribution is 2.29. The first-order chi connectivity index (χ1) is 15.1. The SMILES string of the molecule is COc1ccc(-n2c(SCCn3c([N+](=O)[O-])cnc3C)nnc2-c2ccncc2)cc1. The smallest absolute Gasteiger partial charge is 0.342 e. The molecule has 158 valence electrons. The lowest BCUT2D eigenvalue weighted by Gasteiger charge is -2.11. The first kappa shape index (κ1) is 20.5. The lowest BCUT2D eigenvalue weighted by atomic mass is 10.2. The van der Waals surface area contributed by atoms with Crippen molar-refractivity contribution in [3.63, 3.8) is 0 Å². The van der Waals surface area contributed by atoms with E-state index in [2.05, 4.69) is 20.2 Å². The van der Waals surface area contributed by atoms with Crippen molar-refractivity contribution in [2.75, 3.05) is 12.9 Å². The first-order valence-electron chi connectivity index (χ1n) is 9.38. The first-order valence-corrected chi connectivity index (χ1v) is 10.4. The summed E-state index contributed by atoms with van der Waals surface area (Å²) in [4.78, 5) is 18.9. The minimum absolute atomic E-state index is 0.0211. The van der Waals surface area contributed by atoms with E-state index in [9.17, 15) is 10.1 Å². The van der Waals surface area contributed by atoms with Crippen molar-refractivity contribution in [1.29, 1.82) is 0 Å². The second-order valence-electron chi connectivity index (χ2n) is 6.50. The maximum atomic E-state index is 11.2. The van der Waals surface area contributed by atoms with Crippen LogP contribution in [0.5, 0.6) is 5.75 Å². The Morgan fingerprint density at radius 1 is 1.13 bits per heavy atom. The molecule has 0 bridgehead atoms. The largest absolute Gasteiger partial charge is 0.497 e. The summed E-state index contributed by atoms with van der Waals surface area (Å²) in [6.07, 6.45) is 4.69. The topological polar surface area (TPSA) is 114 Å². The third kappa shape index (κ3) is 4.26. The molecular formula is C20H19N7O3S. The molecule has 1 aromatic carbocycles. The van der Waals surface area contributed by atoms with E-state index >= 15 is 0 Å². The minimum Gasteiger partial charge on any atom is -0.497 e. The second-order valence-corrected chi connectivity index (χ2v) is 7.56. The van der Waals surface area contributed by atoms with E-state index in [0.29, 0.717) is 29.1 Å². The number of hydrogen-bond donors (Lipinski definition) is 0. The van der Waals surface area contributed by atoms with Gasteiger partial charge in [0, 0.05) is 36.3 Å². The van der Waals surface area contributed by atoms with Gasteiger partial charge in [-0.2, -0.15) is 0 Å². The zero-order valence-electron chi connectivity index (χ0n) is 16.9. The number of benzene rings is 1. The Hall–Kier alpha value is -3.73. The van der Waals surface area contributed by atoms with Crippen LogP contribution in [0, 0.1) is 17.0 Å². The fourth-order valence-corrected chi connectivity index (χ4v) is 4.00. The highest BCUT2D eigenvalue weighted by atomic mass is 32.2. The predicted octanol–water partition coefficient (Wildman–Crippen LogP) is 3.54. The Bertz CT molecular complexity index is 1190. The number of nitro groups is 1. The molecule has 4 aromatic rings. The number of aryl methyl sites for hydroxylation is 1. The van der Waals surface area contributed by atoms with Crippen LogP contribution < -0.4 is 4.74 Å². The molecule has 0 radical (unpaired) electrons. The second kappa shape index (κ2) is 8.96. The molecule has 0 saturated heterocycles. The average Bonchev–Trinajstić information content (AvgIpc) is 3.38. The van der Waals surface area contributed by atoms with Gasteiger partial charge >= 0.3 is 5.82 Å². The minimum atomic E-state index is -0.425. The zero-order valence-corrected chi connectivity index (χ0v) is 17.7. The van der Waals surface area contributed by atoms with Gasteiger partial charge in [-0.05, 0) is 41.3 Å². The Morgan fingerprint density at radius 2 is 1.87 bits per heavy atom. The molecule has 0 atom stereocenters. The van der Waals surface area contributed by atoms with Crippen molar-refractivity contribution >= 4 is 17.6 Å². The number of hydrogen-bond acceptors (Lipinski definition) is 8. The summed E-state index contributed by atoms with van der Waals surface area (Å²) in [6, 6.07) is 11.4. The number of pyridine rings is 1. The Kier molecular flexibility index (Phi) is 5.94. The molecule has 10 nitrogen and oxygen atoms in total. The van der Waals surface area contributed by atoms with E-state index in [1.165, 1.54) is 18.0 Å². The van der Waals surface area contributed by atoms with Crippen molar-refractivity contribution in [2.24, 2.45) is 0 Å². The van der Waals surface area contributed by atoms with Crippen LogP contribution >= 0.6 is 11.8 Å². The summed E-state index contributed by atoms with van der Waals surface area (Å²) in [5.41, 5.74) is 1.76. The molecule has 0 aliphatic heterocycles. The molecule has 11 heteroatoms. The van der Waals surface area contributed by atoms with Gasteiger partial charge < -0.3 is 14.9 Å². The third-order valence-electron chi connectivity index (χ3n) is 4.67. The summed E-state index contributed by atoms with van der Waals surface area (Å²) in [5.74, 6) is 2.57. The molecule has 3 aromatic heterocycles. The zero-order chi connectivity index (χ0) is 21.8. The monoisotopic (exact) mass is 437 g/mol. The van der Waals surface area contributed by atoms with Crippen molar-refractivity contribution in [2.45, 2.75) is 18.6 Å². The molecule has 0 unspecified atom stereocenters. The molecule has 0 aliphatic rings. The van der Waals surface area contributed by atoms with E-state index < -0.39 is 4.92 Å². The van der Waals surface area contributed by atoms with Gasteiger partial charge in [-0.25, -0.2) is 9.55 Å². The van der Waals surface area contributed by atoms with Gasteiger partial charge in [-0.15, -0.1) is 10.2 Å². The van der Waals surface area contributed by atoms with E-state index in [1.54, 1.807) is 31.0 Å². The number of ether oxygens (including phenoxy) is 1. The fourth-order valence-electron chi connectivity index (χ4n) is 3.12. The number of nitrogens with zero attached hydrogens (tertiary/aromatic N) is 7. The van der Waals surface area contributed by atoms with E-state index in [0.717, 1.165) is 17.0 Å². The third-order valence-corrected chi connectivity index (χ3v) is 5.58. The van der Waals surface area contributed by atoms with Gasteiger partial charge in [0.25, 0.3) is 0 Å². The molecule has 0 spiro atoms. The van der Waals surface area contributed by atoms with Crippen molar-refractivity contribution in [1.82, 2.24) is 29.3 Å². The molecule has 0 saturated carbocycles. The Morgan fingerprint density at radius 3 is 2.55 bits per heavy atom. The maximum Gasteiger partial charge on any atom is 0.342 e. The highest BCUT2D eigenvalue weighted by Gasteiger charge is 2.19. The van der Waals surface area contributed by atoms with Crippen LogP contribution in [0.2, 0.25) is 0 Å². The highest BCUT2D eigenvalue weighted by molar-refractivity contribution is 7.99. The van der Waals surface area contributed by atoms with Crippen LogP contribution in [0.4, 0.5) is 5.82 Å². The average molecular weight is 437 g/mol. The molecular weight excluding hydrogens is 418 g/mol. The molecule has 3 heterocycles. The van der Waals surface area contributed by atoms with Crippen LogP contribution in [-0.2, 0) is 6.54 Å². The van der Waals surface area contributed by atoms with Crippen LogP contribution in [-0.4, -0.2) is 47.1 Å². The van der Waals surface area contributed by atoms with Gasteiger partial charge in [-0.3, -0.25) is 9.55 Å². The van der Waals surface area contributed by atoms with E-state index in [-0.39, 0.29) is 5.82 Å². The Balaban J connectivity index is 1.64. The standard InChI is InChI=1S/C20H19N7O3S/c1-14-22-13-18(27(28)29)25(14)11-12-31-20-24-23-19(15-7-9-21-10-8-15)26(20)16-3-5-17(30-2)6-4-16/h3-10,13H,11-12H2,1-2H3. The van der Waals surface area contributed by atoms with Crippen LogP contribution in [0.15, 0.2) is 60.1 Å². The van der Waals surface area contributed by atoms with Crippen molar-refractivity contribution in [3.8, 4) is 22.8 Å². The molecule has 0 N–H and O–H groups in total. The van der Waals surface area contributed by atoms with E-state index in [1.807, 2.05) is 41.0 Å². The lowest BCUT2D eigenvalue weighted by molar-refractivity contribution is -0.392. The number of thioether (sulfide) groups is 1. The quantitative estimate of drug-likeness (QED) is 0.234. The summed E-state index contributed by atoms with van der Waals surface area (Å²) in [7, 11) is 1.62. The number of aromatic nitrogens is 6. The summed E-state index contributed by atoms with van der Waals surface area (Å²) in [6.45, 7) is 2.17. The van der Waals surface area contributed by atoms with Gasteiger partial charge in [-0.1, -0.05) is 11.8 Å². The van der Waals surface area contributed by atoms with Crippen molar-refractivity contribution < 1.29 is 9.66 Å². The van der Waals surface area contributed by atoms with Gasteiger partial charge in [0.2, 0.25) is 0 Å². The molecule has 0 fully saturated rings. The normalized spacial score (nSPS) is 10.9.